The standard InChI is InChI=1S/C14H10BrN3O4S2/c1-24(20,21)9-4-2-8(3-5-9)12-16-14(23-18-12)17-13(19)10-6-7-11(15)22-10/h2-7H,1H3,(H,16,17,18,19). The summed E-state index contributed by atoms with van der Waals surface area (Å²) in [5.41, 5.74) is 0.653. The van der Waals surface area contributed by atoms with E-state index in [4.69, 9.17) is 4.42 Å². The fraction of sp³-hybridized carbons (Fsp3) is 0.0714. The second-order valence-corrected chi connectivity index (χ2v) is 8.33. The summed E-state index contributed by atoms with van der Waals surface area (Å²) in [4.78, 5) is 16.4. The summed E-state index contributed by atoms with van der Waals surface area (Å²) < 4.78 is 32.7. The van der Waals surface area contributed by atoms with Crippen molar-refractivity contribution in [2.45, 2.75) is 4.90 Å². The maximum Gasteiger partial charge on any atom is 0.293 e. The highest BCUT2D eigenvalue weighted by molar-refractivity contribution is 9.10. The Morgan fingerprint density at radius 2 is 1.92 bits per heavy atom. The number of hydrogen-bond donors (Lipinski definition) is 1. The lowest BCUT2D eigenvalue weighted by Gasteiger charge is -1.99. The van der Waals surface area contributed by atoms with Crippen LogP contribution in [0, 0.1) is 0 Å². The minimum atomic E-state index is -3.25. The van der Waals surface area contributed by atoms with Crippen LogP contribution in [0.1, 0.15) is 10.6 Å². The van der Waals surface area contributed by atoms with E-state index in [1.165, 1.54) is 18.2 Å². The molecular formula is C14H10BrN3O4S2. The molecule has 0 fully saturated rings. The summed E-state index contributed by atoms with van der Waals surface area (Å²) in [5, 5.41) is 2.91. The first-order valence-electron chi connectivity index (χ1n) is 6.54. The molecule has 7 nitrogen and oxygen atoms in total. The Balaban J connectivity index is 1.77. The van der Waals surface area contributed by atoms with Gasteiger partial charge in [-0.1, -0.05) is 0 Å². The lowest BCUT2D eigenvalue weighted by Crippen LogP contribution is -2.10. The van der Waals surface area contributed by atoms with E-state index in [1.807, 2.05) is 0 Å². The van der Waals surface area contributed by atoms with Crippen molar-refractivity contribution in [3.63, 3.8) is 0 Å². The summed E-state index contributed by atoms with van der Waals surface area (Å²) in [5.74, 6) is 0.114. The Morgan fingerprint density at radius 3 is 2.50 bits per heavy atom. The maximum atomic E-state index is 12.0. The average Bonchev–Trinajstić information content (AvgIpc) is 3.16. The molecule has 0 aliphatic heterocycles. The largest absolute Gasteiger partial charge is 0.444 e. The molecule has 2 heterocycles. The van der Waals surface area contributed by atoms with Gasteiger partial charge in [0, 0.05) is 23.4 Å². The van der Waals surface area contributed by atoms with Crippen LogP contribution in [0.25, 0.3) is 11.4 Å². The quantitative estimate of drug-likeness (QED) is 0.685. The normalized spacial score (nSPS) is 11.4. The van der Waals surface area contributed by atoms with Crippen LogP contribution in [-0.4, -0.2) is 29.9 Å². The molecular weight excluding hydrogens is 418 g/mol. The smallest absolute Gasteiger partial charge is 0.293 e. The molecule has 0 unspecified atom stereocenters. The lowest BCUT2D eigenvalue weighted by molar-refractivity contribution is 0.0995. The van der Waals surface area contributed by atoms with E-state index in [-0.39, 0.29) is 10.7 Å². The van der Waals surface area contributed by atoms with E-state index in [0.29, 0.717) is 21.2 Å². The molecule has 10 heteroatoms. The maximum absolute atomic E-state index is 12.0. The summed E-state index contributed by atoms with van der Waals surface area (Å²) in [6.45, 7) is 0. The van der Waals surface area contributed by atoms with Gasteiger partial charge in [-0.05, 0) is 52.3 Å². The van der Waals surface area contributed by atoms with E-state index in [2.05, 4.69) is 30.6 Å². The van der Waals surface area contributed by atoms with Gasteiger partial charge in [0.2, 0.25) is 5.13 Å². The Morgan fingerprint density at radius 1 is 1.21 bits per heavy atom. The SMILES string of the molecule is CS(=O)(=O)c1ccc(-c2nsc(NC(=O)c3ccc(Br)o3)n2)cc1. The van der Waals surface area contributed by atoms with Gasteiger partial charge in [0.1, 0.15) is 0 Å². The first-order valence-corrected chi connectivity index (χ1v) is 9.99. The van der Waals surface area contributed by atoms with Crippen molar-refractivity contribution >= 4 is 48.3 Å². The number of nitrogens with zero attached hydrogens (tertiary/aromatic N) is 2. The van der Waals surface area contributed by atoms with Gasteiger partial charge in [0.15, 0.2) is 26.1 Å². The molecule has 0 saturated heterocycles. The van der Waals surface area contributed by atoms with Gasteiger partial charge in [0.25, 0.3) is 5.91 Å². The lowest BCUT2D eigenvalue weighted by atomic mass is 10.2. The highest BCUT2D eigenvalue weighted by Crippen LogP contribution is 2.23. The van der Waals surface area contributed by atoms with Crippen molar-refractivity contribution in [2.75, 3.05) is 11.6 Å². The third-order valence-electron chi connectivity index (χ3n) is 2.98. The van der Waals surface area contributed by atoms with Crippen LogP contribution in [0.3, 0.4) is 0 Å². The molecule has 3 aromatic rings. The number of carbonyl (C=O) groups excluding carboxylic acids is 1. The summed E-state index contributed by atoms with van der Waals surface area (Å²) in [7, 11) is -3.25. The van der Waals surface area contributed by atoms with Crippen molar-refractivity contribution < 1.29 is 17.6 Å². The molecule has 0 aliphatic carbocycles. The third-order valence-corrected chi connectivity index (χ3v) is 5.17. The molecule has 124 valence electrons. The van der Waals surface area contributed by atoms with Crippen molar-refractivity contribution in [1.82, 2.24) is 9.36 Å². The predicted molar refractivity (Wildman–Crippen MR) is 92.8 cm³/mol. The molecule has 24 heavy (non-hydrogen) atoms. The molecule has 1 amide bonds. The number of anilines is 1. The number of sulfone groups is 1. The van der Waals surface area contributed by atoms with Gasteiger partial charge in [-0.15, -0.1) is 0 Å². The monoisotopic (exact) mass is 427 g/mol. The van der Waals surface area contributed by atoms with Gasteiger partial charge in [-0.25, -0.2) is 8.42 Å². The summed E-state index contributed by atoms with van der Waals surface area (Å²) >= 11 is 4.14. The van der Waals surface area contributed by atoms with Gasteiger partial charge >= 0.3 is 0 Å². The van der Waals surface area contributed by atoms with Crippen LogP contribution in [0.4, 0.5) is 5.13 Å². The van der Waals surface area contributed by atoms with Crippen LogP contribution in [0.15, 0.2) is 50.4 Å². The zero-order chi connectivity index (χ0) is 17.3. The summed E-state index contributed by atoms with van der Waals surface area (Å²) in [6.07, 6.45) is 1.14. The highest BCUT2D eigenvalue weighted by Gasteiger charge is 2.14. The fourth-order valence-electron chi connectivity index (χ4n) is 1.84. The second-order valence-electron chi connectivity index (χ2n) is 4.78. The zero-order valence-electron chi connectivity index (χ0n) is 12.2. The molecule has 2 aromatic heterocycles. The predicted octanol–water partition coefficient (Wildman–Crippen LogP) is 3.22. The Kier molecular flexibility index (Phi) is 4.52. The van der Waals surface area contributed by atoms with Crippen LogP contribution < -0.4 is 5.32 Å². The molecule has 0 spiro atoms. The molecule has 0 aliphatic rings. The number of nitrogens with one attached hydrogen (secondary N) is 1. The number of benzene rings is 1. The molecule has 0 bridgehead atoms. The Hall–Kier alpha value is -2.04. The topological polar surface area (TPSA) is 102 Å². The average molecular weight is 428 g/mol. The number of halogens is 1. The zero-order valence-corrected chi connectivity index (χ0v) is 15.4. The van der Waals surface area contributed by atoms with Gasteiger partial charge in [-0.2, -0.15) is 9.36 Å². The van der Waals surface area contributed by atoms with Gasteiger partial charge in [-0.3, -0.25) is 10.1 Å². The van der Waals surface area contributed by atoms with Crippen LogP contribution in [-0.2, 0) is 9.84 Å². The highest BCUT2D eigenvalue weighted by atomic mass is 79.9. The minimum Gasteiger partial charge on any atom is -0.444 e. The van der Waals surface area contributed by atoms with Crippen molar-refractivity contribution in [2.24, 2.45) is 0 Å². The molecule has 0 atom stereocenters. The van der Waals surface area contributed by atoms with Crippen molar-refractivity contribution in [3.05, 3.63) is 46.8 Å². The third kappa shape index (κ3) is 3.71. The van der Waals surface area contributed by atoms with E-state index in [0.717, 1.165) is 17.8 Å². The van der Waals surface area contributed by atoms with E-state index in [1.54, 1.807) is 18.2 Å². The van der Waals surface area contributed by atoms with Crippen LogP contribution in [0.2, 0.25) is 0 Å². The molecule has 0 saturated carbocycles. The molecule has 0 radical (unpaired) electrons. The number of carbonyl (C=O) groups is 1. The number of rotatable bonds is 4. The van der Waals surface area contributed by atoms with Crippen LogP contribution >= 0.6 is 27.5 Å². The first-order chi connectivity index (χ1) is 11.3. The Bertz CT molecular complexity index is 993. The fourth-order valence-corrected chi connectivity index (χ4v) is 3.36. The van der Waals surface area contributed by atoms with E-state index < -0.39 is 15.7 Å². The summed E-state index contributed by atoms with van der Waals surface area (Å²) in [6, 6.07) is 9.37. The number of hydrogen-bond acceptors (Lipinski definition) is 7. The van der Waals surface area contributed by atoms with Gasteiger partial charge in [0.05, 0.1) is 4.90 Å². The number of aromatic nitrogens is 2. The van der Waals surface area contributed by atoms with Crippen molar-refractivity contribution in [1.29, 1.82) is 0 Å². The van der Waals surface area contributed by atoms with Crippen molar-refractivity contribution in [3.8, 4) is 11.4 Å². The first kappa shape index (κ1) is 16.8. The molecule has 1 aromatic carbocycles. The number of furan rings is 1. The molecule has 3 rings (SSSR count). The minimum absolute atomic E-state index is 0.149. The van der Waals surface area contributed by atoms with E-state index >= 15 is 0 Å². The molecule has 1 N–H and O–H groups in total. The number of amides is 1. The van der Waals surface area contributed by atoms with Crippen LogP contribution in [0.5, 0.6) is 0 Å². The van der Waals surface area contributed by atoms with Gasteiger partial charge < -0.3 is 4.42 Å². The second kappa shape index (κ2) is 6.46. The Labute approximate surface area is 149 Å². The van der Waals surface area contributed by atoms with E-state index in [9.17, 15) is 13.2 Å².